The maximum atomic E-state index is 11.4. The molecule has 3 aromatic rings. The molecule has 0 radical (unpaired) electrons. The molecular formula is C22H24N2O5S. The topological polar surface area (TPSA) is 125 Å². The number of nitrogens with two attached hydrogens (primary N) is 1. The number of ether oxygens (including phenoxy) is 1. The molecule has 0 aliphatic rings. The highest BCUT2D eigenvalue weighted by Crippen LogP contribution is 2.46. The maximum absolute atomic E-state index is 11.4. The largest absolute Gasteiger partial charge is 0.489 e. The van der Waals surface area contributed by atoms with Gasteiger partial charge in [-0.05, 0) is 47.5 Å². The lowest BCUT2D eigenvalue weighted by Crippen LogP contribution is -2.27. The molecule has 8 heteroatoms. The normalized spacial score (nSPS) is 12.9. The third-order valence-electron chi connectivity index (χ3n) is 4.37. The zero-order valence-corrected chi connectivity index (χ0v) is 17.0. The quantitative estimate of drug-likeness (QED) is 0.313. The van der Waals surface area contributed by atoms with Crippen LogP contribution in [0.2, 0.25) is 0 Å². The third-order valence-corrected chi connectivity index (χ3v) is 5.92. The Morgan fingerprint density at radius 1 is 1.00 bits per heavy atom. The van der Waals surface area contributed by atoms with E-state index in [1.807, 2.05) is 18.2 Å². The molecule has 0 aliphatic heterocycles. The van der Waals surface area contributed by atoms with Crippen LogP contribution in [-0.4, -0.2) is 20.2 Å². The van der Waals surface area contributed by atoms with Crippen molar-refractivity contribution in [3.05, 3.63) is 90.0 Å². The summed E-state index contributed by atoms with van der Waals surface area (Å²) in [6.07, 6.45) is -0.332. The molecule has 3 aromatic carbocycles. The molecule has 0 aliphatic carbocycles. The highest BCUT2D eigenvalue weighted by Gasteiger charge is 2.24. The first-order valence-electron chi connectivity index (χ1n) is 9.23. The maximum Gasteiger partial charge on any atom is 0.305 e. The lowest BCUT2D eigenvalue weighted by molar-refractivity contribution is -0.137. The molecule has 1 unspecified atom stereocenters. The number of aliphatic carboxylic acids is 1. The van der Waals surface area contributed by atoms with E-state index >= 15 is 0 Å². The van der Waals surface area contributed by atoms with Crippen molar-refractivity contribution < 1.29 is 23.7 Å². The Morgan fingerprint density at radius 3 is 2.43 bits per heavy atom. The predicted octanol–water partition coefficient (Wildman–Crippen LogP) is 4.68. The Kier molecular flexibility index (Phi) is 6.96. The van der Waals surface area contributed by atoms with E-state index in [-0.39, 0.29) is 11.3 Å². The highest BCUT2D eigenvalue weighted by atomic mass is 32.3. The Bertz CT molecular complexity index is 998. The van der Waals surface area contributed by atoms with Crippen molar-refractivity contribution >= 4 is 22.4 Å². The Morgan fingerprint density at radius 2 is 1.73 bits per heavy atom. The molecule has 0 saturated heterocycles. The first-order valence-corrected chi connectivity index (χ1v) is 10.8. The van der Waals surface area contributed by atoms with E-state index in [1.165, 1.54) is 0 Å². The summed E-state index contributed by atoms with van der Waals surface area (Å²) in [6.45, 7) is 0.296. The summed E-state index contributed by atoms with van der Waals surface area (Å²) in [4.78, 5) is 11.7. The fraction of sp³-hybridized carbons (Fsp3) is 0.136. The molecule has 6 N–H and O–H groups in total. The fourth-order valence-corrected chi connectivity index (χ4v) is 4.24. The number of nitrogen functional groups attached to an aromatic ring is 1. The molecule has 158 valence electrons. The van der Waals surface area contributed by atoms with Crippen molar-refractivity contribution in [1.82, 2.24) is 4.72 Å². The second-order valence-corrected chi connectivity index (χ2v) is 8.54. The molecular weight excluding hydrogens is 404 g/mol. The standard InChI is InChI=1S/C22H24N2O5S/c23-18-8-4-6-16(12-18)15-29-19-9-5-7-17(13-19)21(14-22(25)26)24-30(27,28)20-10-2-1-3-11-20/h1-13,21,24,27-28H,14-15,23H2,(H,25,26). The Hall–Kier alpha value is -3.04. The number of hydrogen-bond donors (Lipinski definition) is 5. The highest BCUT2D eigenvalue weighted by molar-refractivity contribution is 8.22. The van der Waals surface area contributed by atoms with Gasteiger partial charge in [-0.2, -0.15) is 0 Å². The van der Waals surface area contributed by atoms with Gasteiger partial charge in [-0.1, -0.05) is 42.5 Å². The van der Waals surface area contributed by atoms with Crippen LogP contribution in [0.15, 0.2) is 83.8 Å². The van der Waals surface area contributed by atoms with Gasteiger partial charge in [0.25, 0.3) is 0 Å². The van der Waals surface area contributed by atoms with Crippen LogP contribution in [0.25, 0.3) is 0 Å². The van der Waals surface area contributed by atoms with Gasteiger partial charge in [-0.25, -0.2) is 4.72 Å². The summed E-state index contributed by atoms with van der Waals surface area (Å²) in [5.74, 6) is -0.537. The summed E-state index contributed by atoms with van der Waals surface area (Å²) in [6, 6.07) is 21.7. The SMILES string of the molecule is Nc1cccc(COc2cccc(C(CC(=O)O)NS(O)(O)c3ccccc3)c2)c1. The van der Waals surface area contributed by atoms with Crippen molar-refractivity contribution in [2.24, 2.45) is 0 Å². The van der Waals surface area contributed by atoms with E-state index in [0.717, 1.165) is 5.56 Å². The molecule has 30 heavy (non-hydrogen) atoms. The van der Waals surface area contributed by atoms with E-state index in [1.54, 1.807) is 60.7 Å². The summed E-state index contributed by atoms with van der Waals surface area (Å²) in [7, 11) is -3.39. The predicted molar refractivity (Wildman–Crippen MR) is 117 cm³/mol. The molecule has 0 amide bonds. The number of rotatable bonds is 9. The second-order valence-electron chi connectivity index (χ2n) is 6.74. The zero-order chi connectivity index (χ0) is 21.6. The van der Waals surface area contributed by atoms with Gasteiger partial charge in [0.2, 0.25) is 0 Å². The Labute approximate surface area is 176 Å². The van der Waals surface area contributed by atoms with Gasteiger partial charge in [-0.3, -0.25) is 13.9 Å². The van der Waals surface area contributed by atoms with E-state index < -0.39 is 22.8 Å². The van der Waals surface area contributed by atoms with Gasteiger partial charge in [0, 0.05) is 5.69 Å². The lowest BCUT2D eigenvalue weighted by atomic mass is 10.0. The molecule has 1 atom stereocenters. The summed E-state index contributed by atoms with van der Waals surface area (Å²) < 4.78 is 29.7. The van der Waals surface area contributed by atoms with Crippen molar-refractivity contribution in [3.8, 4) is 5.75 Å². The molecule has 0 fully saturated rings. The smallest absolute Gasteiger partial charge is 0.305 e. The average Bonchev–Trinajstić information content (AvgIpc) is 2.72. The van der Waals surface area contributed by atoms with Crippen LogP contribution in [0.3, 0.4) is 0 Å². The molecule has 0 heterocycles. The van der Waals surface area contributed by atoms with Gasteiger partial charge in [0.05, 0.1) is 17.4 Å². The van der Waals surface area contributed by atoms with Crippen LogP contribution in [-0.2, 0) is 11.4 Å². The van der Waals surface area contributed by atoms with Crippen LogP contribution >= 0.6 is 10.8 Å². The number of nitrogens with one attached hydrogen (secondary N) is 1. The van der Waals surface area contributed by atoms with E-state index in [0.29, 0.717) is 23.6 Å². The summed E-state index contributed by atoms with van der Waals surface area (Å²) in [5, 5.41) is 9.32. The molecule has 0 bridgehead atoms. The molecule has 0 spiro atoms. The van der Waals surface area contributed by atoms with E-state index in [4.69, 9.17) is 10.5 Å². The first kappa shape index (κ1) is 21.7. The number of hydrogen-bond acceptors (Lipinski definition) is 6. The first-order chi connectivity index (χ1) is 14.3. The van der Waals surface area contributed by atoms with Gasteiger partial charge in [0.1, 0.15) is 12.4 Å². The minimum atomic E-state index is -3.39. The fourth-order valence-electron chi connectivity index (χ4n) is 2.95. The van der Waals surface area contributed by atoms with Gasteiger partial charge in [0.15, 0.2) is 0 Å². The minimum Gasteiger partial charge on any atom is -0.489 e. The molecule has 0 aromatic heterocycles. The average molecular weight is 429 g/mol. The monoisotopic (exact) mass is 428 g/mol. The number of carboxylic acids is 1. The number of carbonyl (C=O) groups is 1. The van der Waals surface area contributed by atoms with Crippen LogP contribution in [0.1, 0.15) is 23.6 Å². The van der Waals surface area contributed by atoms with Gasteiger partial charge < -0.3 is 15.6 Å². The molecule has 7 nitrogen and oxygen atoms in total. The van der Waals surface area contributed by atoms with Crippen LogP contribution in [0.5, 0.6) is 5.75 Å². The van der Waals surface area contributed by atoms with Crippen LogP contribution in [0.4, 0.5) is 5.69 Å². The number of carboxylic acid groups (broad SMARTS) is 1. The molecule has 0 saturated carbocycles. The number of anilines is 1. The van der Waals surface area contributed by atoms with Crippen molar-refractivity contribution in [2.75, 3.05) is 5.73 Å². The number of benzene rings is 3. The summed E-state index contributed by atoms with van der Waals surface area (Å²) >= 11 is 0. The second kappa shape index (κ2) is 9.64. The minimum absolute atomic E-state index is 0.287. The Balaban J connectivity index is 1.78. The molecule has 3 rings (SSSR count). The lowest BCUT2D eigenvalue weighted by Gasteiger charge is -2.36. The van der Waals surface area contributed by atoms with Crippen molar-refractivity contribution in [1.29, 1.82) is 0 Å². The van der Waals surface area contributed by atoms with E-state index in [2.05, 4.69) is 4.72 Å². The van der Waals surface area contributed by atoms with Gasteiger partial charge >= 0.3 is 5.97 Å². The van der Waals surface area contributed by atoms with Crippen molar-refractivity contribution in [3.63, 3.8) is 0 Å². The van der Waals surface area contributed by atoms with Gasteiger partial charge in [-0.15, -0.1) is 10.8 Å². The van der Waals surface area contributed by atoms with Crippen LogP contribution in [0, 0.1) is 0 Å². The van der Waals surface area contributed by atoms with E-state index in [9.17, 15) is 19.0 Å². The van der Waals surface area contributed by atoms with Crippen molar-refractivity contribution in [2.45, 2.75) is 24.0 Å². The zero-order valence-electron chi connectivity index (χ0n) is 16.1. The van der Waals surface area contributed by atoms with Crippen LogP contribution < -0.4 is 15.2 Å². The summed E-state index contributed by atoms with van der Waals surface area (Å²) in [5.41, 5.74) is 7.89. The third kappa shape index (κ3) is 5.98.